The zero-order valence-corrected chi connectivity index (χ0v) is 14.6. The van der Waals surface area contributed by atoms with Gasteiger partial charge in [0.2, 0.25) is 0 Å². The van der Waals surface area contributed by atoms with E-state index in [0.29, 0.717) is 5.75 Å². The van der Waals surface area contributed by atoms with E-state index in [1.165, 1.54) is 29.8 Å². The first kappa shape index (κ1) is 17.9. The van der Waals surface area contributed by atoms with Crippen molar-refractivity contribution in [1.82, 2.24) is 9.80 Å². The van der Waals surface area contributed by atoms with E-state index in [2.05, 4.69) is 17.0 Å². The van der Waals surface area contributed by atoms with E-state index in [0.717, 1.165) is 26.1 Å². The molecular weight excluding hydrogens is 334 g/mol. The summed E-state index contributed by atoms with van der Waals surface area (Å²) >= 11 is 0. The SMILES string of the molecule is CN(C(=O)Oc1ccc([N+](=O)[O-])cc1)[C@@H]1CCN(Cc2ccccc2)C1. The molecule has 0 saturated carbocycles. The van der Waals surface area contributed by atoms with Gasteiger partial charge in [-0.2, -0.15) is 0 Å². The maximum atomic E-state index is 12.3. The first-order valence-electron chi connectivity index (χ1n) is 8.48. The maximum absolute atomic E-state index is 12.3. The van der Waals surface area contributed by atoms with Gasteiger partial charge < -0.3 is 9.64 Å². The Morgan fingerprint density at radius 3 is 2.58 bits per heavy atom. The predicted molar refractivity (Wildman–Crippen MR) is 97.0 cm³/mol. The molecule has 2 aromatic rings. The third kappa shape index (κ3) is 4.37. The number of nitro benzene ring substituents is 1. The maximum Gasteiger partial charge on any atom is 0.415 e. The van der Waals surface area contributed by atoms with Crippen LogP contribution >= 0.6 is 0 Å². The van der Waals surface area contributed by atoms with Crippen molar-refractivity contribution < 1.29 is 14.5 Å². The number of likely N-dealkylation sites (N-methyl/N-ethyl adjacent to an activating group) is 1. The minimum Gasteiger partial charge on any atom is -0.410 e. The highest BCUT2D eigenvalue weighted by Crippen LogP contribution is 2.21. The Morgan fingerprint density at radius 2 is 1.92 bits per heavy atom. The number of benzene rings is 2. The van der Waals surface area contributed by atoms with Gasteiger partial charge in [-0.3, -0.25) is 15.0 Å². The van der Waals surface area contributed by atoms with Crippen LogP contribution in [0.3, 0.4) is 0 Å². The second kappa shape index (κ2) is 7.97. The smallest absolute Gasteiger partial charge is 0.410 e. The highest BCUT2D eigenvalue weighted by Gasteiger charge is 2.29. The largest absolute Gasteiger partial charge is 0.415 e. The standard InChI is InChI=1S/C19H21N3O4/c1-20(19(23)26-18-9-7-16(8-10-18)22(24)25)17-11-12-21(14-17)13-15-5-3-2-4-6-15/h2-10,17H,11-14H2,1H3/t17-/m1/s1. The third-order valence-electron chi connectivity index (χ3n) is 4.58. The number of rotatable bonds is 5. The summed E-state index contributed by atoms with van der Waals surface area (Å²) in [6.45, 7) is 2.58. The third-order valence-corrected chi connectivity index (χ3v) is 4.58. The van der Waals surface area contributed by atoms with E-state index in [4.69, 9.17) is 4.74 Å². The van der Waals surface area contributed by atoms with Crippen molar-refractivity contribution >= 4 is 11.8 Å². The van der Waals surface area contributed by atoms with Crippen molar-refractivity contribution in [3.63, 3.8) is 0 Å². The summed E-state index contributed by atoms with van der Waals surface area (Å²) in [6.07, 6.45) is 0.434. The van der Waals surface area contributed by atoms with Crippen LogP contribution in [0.25, 0.3) is 0 Å². The van der Waals surface area contributed by atoms with Crippen molar-refractivity contribution in [3.05, 3.63) is 70.3 Å². The number of carbonyl (C=O) groups is 1. The van der Waals surface area contributed by atoms with Crippen LogP contribution in [0.15, 0.2) is 54.6 Å². The summed E-state index contributed by atoms with van der Waals surface area (Å²) in [5, 5.41) is 10.7. The molecule has 1 aliphatic heterocycles. The van der Waals surface area contributed by atoms with Gasteiger partial charge in [0, 0.05) is 44.9 Å². The molecule has 7 nitrogen and oxygen atoms in total. The minimum absolute atomic E-state index is 0.0366. The van der Waals surface area contributed by atoms with Crippen LogP contribution < -0.4 is 4.74 Å². The Morgan fingerprint density at radius 1 is 1.23 bits per heavy atom. The molecular formula is C19H21N3O4. The lowest BCUT2D eigenvalue weighted by Gasteiger charge is -2.24. The molecule has 0 unspecified atom stereocenters. The average molecular weight is 355 g/mol. The van der Waals surface area contributed by atoms with Gasteiger partial charge in [-0.05, 0) is 24.1 Å². The number of amides is 1. The number of ether oxygens (including phenoxy) is 1. The fourth-order valence-corrected chi connectivity index (χ4v) is 3.07. The first-order valence-corrected chi connectivity index (χ1v) is 8.48. The molecule has 26 heavy (non-hydrogen) atoms. The fraction of sp³-hybridized carbons (Fsp3) is 0.316. The second-order valence-electron chi connectivity index (χ2n) is 6.39. The molecule has 0 radical (unpaired) electrons. The molecule has 0 aliphatic carbocycles. The Balaban J connectivity index is 1.53. The van der Waals surface area contributed by atoms with Gasteiger partial charge >= 0.3 is 6.09 Å². The monoisotopic (exact) mass is 355 g/mol. The molecule has 1 amide bonds. The van der Waals surface area contributed by atoms with Crippen LogP contribution in [0, 0.1) is 10.1 Å². The highest BCUT2D eigenvalue weighted by atomic mass is 16.6. The van der Waals surface area contributed by atoms with E-state index in [-0.39, 0.29) is 11.7 Å². The Kier molecular flexibility index (Phi) is 5.48. The van der Waals surface area contributed by atoms with Crippen LogP contribution in [-0.2, 0) is 6.54 Å². The van der Waals surface area contributed by atoms with Gasteiger partial charge in [0.1, 0.15) is 5.75 Å². The van der Waals surface area contributed by atoms with E-state index < -0.39 is 11.0 Å². The normalized spacial score (nSPS) is 17.0. The molecule has 2 aromatic carbocycles. The second-order valence-corrected chi connectivity index (χ2v) is 6.39. The number of hydrogen-bond donors (Lipinski definition) is 0. The van der Waals surface area contributed by atoms with Crippen LogP contribution in [0.5, 0.6) is 5.75 Å². The van der Waals surface area contributed by atoms with E-state index in [1.54, 1.807) is 11.9 Å². The van der Waals surface area contributed by atoms with Crippen molar-refractivity contribution in [3.8, 4) is 5.75 Å². The zero-order valence-electron chi connectivity index (χ0n) is 14.6. The summed E-state index contributed by atoms with van der Waals surface area (Å²) in [4.78, 5) is 26.4. The summed E-state index contributed by atoms with van der Waals surface area (Å²) < 4.78 is 5.32. The van der Waals surface area contributed by atoms with Gasteiger partial charge in [-0.1, -0.05) is 30.3 Å². The molecule has 1 fully saturated rings. The van der Waals surface area contributed by atoms with Crippen molar-refractivity contribution in [2.75, 3.05) is 20.1 Å². The topological polar surface area (TPSA) is 75.9 Å². The fourth-order valence-electron chi connectivity index (χ4n) is 3.07. The van der Waals surface area contributed by atoms with Crippen molar-refractivity contribution in [2.24, 2.45) is 0 Å². The van der Waals surface area contributed by atoms with Crippen LogP contribution in [-0.4, -0.2) is 47.0 Å². The quantitative estimate of drug-likeness (QED) is 0.608. The predicted octanol–water partition coefficient (Wildman–Crippen LogP) is 3.30. The van der Waals surface area contributed by atoms with E-state index in [1.807, 2.05) is 18.2 Å². The lowest BCUT2D eigenvalue weighted by atomic mass is 10.2. The number of nitro groups is 1. The summed E-state index contributed by atoms with van der Waals surface area (Å²) in [7, 11) is 1.73. The Labute approximate surface area is 151 Å². The molecule has 0 N–H and O–H groups in total. The number of carbonyl (C=O) groups excluding carboxylic acids is 1. The average Bonchev–Trinajstić information content (AvgIpc) is 3.10. The Bertz CT molecular complexity index is 764. The highest BCUT2D eigenvalue weighted by molar-refractivity contribution is 5.71. The number of non-ortho nitro benzene ring substituents is 1. The molecule has 1 atom stereocenters. The van der Waals surface area contributed by atoms with Crippen LogP contribution in [0.2, 0.25) is 0 Å². The summed E-state index contributed by atoms with van der Waals surface area (Å²) in [5.74, 6) is 0.298. The molecule has 1 aliphatic rings. The lowest BCUT2D eigenvalue weighted by molar-refractivity contribution is -0.384. The first-order chi connectivity index (χ1) is 12.5. The molecule has 7 heteroatoms. The van der Waals surface area contributed by atoms with Crippen molar-refractivity contribution in [1.29, 1.82) is 0 Å². The minimum atomic E-state index is -0.489. The summed E-state index contributed by atoms with van der Waals surface area (Å²) in [5.41, 5.74) is 1.22. The molecule has 1 saturated heterocycles. The van der Waals surface area contributed by atoms with Crippen LogP contribution in [0.4, 0.5) is 10.5 Å². The Hall–Kier alpha value is -2.93. The molecule has 1 heterocycles. The van der Waals surface area contributed by atoms with E-state index in [9.17, 15) is 14.9 Å². The number of nitrogens with zero attached hydrogens (tertiary/aromatic N) is 3. The molecule has 0 bridgehead atoms. The number of likely N-dealkylation sites (tertiary alicyclic amines) is 1. The molecule has 0 aromatic heterocycles. The van der Waals surface area contributed by atoms with Crippen molar-refractivity contribution in [2.45, 2.75) is 19.0 Å². The van der Waals surface area contributed by atoms with E-state index >= 15 is 0 Å². The summed E-state index contributed by atoms with van der Waals surface area (Å²) in [6, 6.07) is 15.8. The molecule has 136 valence electrons. The van der Waals surface area contributed by atoms with Gasteiger partial charge in [0.05, 0.1) is 4.92 Å². The zero-order chi connectivity index (χ0) is 18.5. The van der Waals surface area contributed by atoms with Gasteiger partial charge in [-0.15, -0.1) is 0 Å². The van der Waals surface area contributed by atoms with Crippen LogP contribution in [0.1, 0.15) is 12.0 Å². The van der Waals surface area contributed by atoms with Gasteiger partial charge in [0.15, 0.2) is 0 Å². The van der Waals surface area contributed by atoms with Gasteiger partial charge in [-0.25, -0.2) is 4.79 Å². The number of hydrogen-bond acceptors (Lipinski definition) is 5. The lowest BCUT2D eigenvalue weighted by Crippen LogP contribution is -2.40. The van der Waals surface area contributed by atoms with Gasteiger partial charge in [0.25, 0.3) is 5.69 Å². The molecule has 3 rings (SSSR count). The molecule has 0 spiro atoms.